The molecular formula is C16H18N2O2. The number of nitrogens with two attached hydrogens (primary N) is 1. The van der Waals surface area contributed by atoms with Gasteiger partial charge in [-0.25, -0.2) is 0 Å². The topological polar surface area (TPSA) is 75.3 Å². The van der Waals surface area contributed by atoms with Gasteiger partial charge in [-0.05, 0) is 49.6 Å². The monoisotopic (exact) mass is 270 g/mol. The third-order valence-corrected chi connectivity index (χ3v) is 3.32. The van der Waals surface area contributed by atoms with Crippen molar-refractivity contribution in [1.82, 2.24) is 0 Å². The lowest BCUT2D eigenvalue weighted by Gasteiger charge is -2.11. The summed E-state index contributed by atoms with van der Waals surface area (Å²) in [6, 6.07) is 8.59. The molecule has 0 spiro atoms. The molecule has 4 N–H and O–H groups in total. The molecule has 0 aliphatic carbocycles. The Labute approximate surface area is 118 Å². The first kappa shape index (κ1) is 13.9. The number of anilines is 2. The molecule has 0 atom stereocenters. The van der Waals surface area contributed by atoms with Crippen molar-refractivity contribution in [3.8, 4) is 5.75 Å². The molecule has 1 amide bonds. The van der Waals surface area contributed by atoms with E-state index in [4.69, 9.17) is 5.73 Å². The molecule has 0 aliphatic heterocycles. The SMILES string of the molecule is Cc1cc(C)c(C(=O)Nc2ccc(C)c(O)c2)cc1N. The Morgan fingerprint density at radius 2 is 1.75 bits per heavy atom. The van der Waals surface area contributed by atoms with Gasteiger partial charge in [0.05, 0.1) is 0 Å². The maximum absolute atomic E-state index is 12.2. The van der Waals surface area contributed by atoms with Crippen LogP contribution in [-0.4, -0.2) is 11.0 Å². The van der Waals surface area contributed by atoms with Crippen LogP contribution in [0.15, 0.2) is 30.3 Å². The summed E-state index contributed by atoms with van der Waals surface area (Å²) >= 11 is 0. The second-order valence-corrected chi connectivity index (χ2v) is 4.98. The molecule has 0 aromatic heterocycles. The zero-order valence-corrected chi connectivity index (χ0v) is 11.8. The molecule has 0 radical (unpaired) electrons. The van der Waals surface area contributed by atoms with Gasteiger partial charge in [-0.2, -0.15) is 0 Å². The Kier molecular flexibility index (Phi) is 3.66. The lowest BCUT2D eigenvalue weighted by Crippen LogP contribution is -2.14. The van der Waals surface area contributed by atoms with Crippen molar-refractivity contribution in [3.05, 3.63) is 52.6 Å². The third-order valence-electron chi connectivity index (χ3n) is 3.32. The first-order valence-corrected chi connectivity index (χ1v) is 6.36. The van der Waals surface area contributed by atoms with Crippen LogP contribution in [0.4, 0.5) is 11.4 Å². The van der Waals surface area contributed by atoms with Gasteiger partial charge in [0, 0.05) is 23.0 Å². The van der Waals surface area contributed by atoms with Crippen LogP contribution in [0.1, 0.15) is 27.0 Å². The summed E-state index contributed by atoms with van der Waals surface area (Å²) < 4.78 is 0. The molecule has 0 saturated heterocycles. The summed E-state index contributed by atoms with van der Waals surface area (Å²) in [6.45, 7) is 5.57. The van der Waals surface area contributed by atoms with E-state index in [-0.39, 0.29) is 11.7 Å². The number of carbonyl (C=O) groups is 1. The number of rotatable bonds is 2. The summed E-state index contributed by atoms with van der Waals surface area (Å²) in [5.74, 6) is -0.0830. The normalized spacial score (nSPS) is 10.3. The zero-order valence-electron chi connectivity index (χ0n) is 11.8. The van der Waals surface area contributed by atoms with E-state index in [9.17, 15) is 9.90 Å². The highest BCUT2D eigenvalue weighted by atomic mass is 16.3. The fourth-order valence-corrected chi connectivity index (χ4v) is 2.00. The van der Waals surface area contributed by atoms with E-state index in [0.29, 0.717) is 16.9 Å². The Bertz CT molecular complexity index is 678. The first-order valence-electron chi connectivity index (χ1n) is 6.36. The van der Waals surface area contributed by atoms with Crippen molar-refractivity contribution in [1.29, 1.82) is 0 Å². The molecule has 20 heavy (non-hydrogen) atoms. The van der Waals surface area contributed by atoms with E-state index in [1.807, 2.05) is 19.9 Å². The molecule has 0 unspecified atom stereocenters. The molecule has 0 heterocycles. The number of nitrogen functional groups attached to an aromatic ring is 1. The molecule has 4 nitrogen and oxygen atoms in total. The molecule has 2 aromatic carbocycles. The number of phenols is 1. The molecule has 0 fully saturated rings. The van der Waals surface area contributed by atoms with Gasteiger partial charge in [0.25, 0.3) is 5.91 Å². The lowest BCUT2D eigenvalue weighted by atomic mass is 10.0. The van der Waals surface area contributed by atoms with Crippen LogP contribution in [-0.2, 0) is 0 Å². The van der Waals surface area contributed by atoms with E-state index >= 15 is 0 Å². The number of benzene rings is 2. The van der Waals surface area contributed by atoms with Gasteiger partial charge >= 0.3 is 0 Å². The summed E-state index contributed by atoms with van der Waals surface area (Å²) in [4.78, 5) is 12.2. The van der Waals surface area contributed by atoms with Crippen molar-refractivity contribution in [2.24, 2.45) is 0 Å². The van der Waals surface area contributed by atoms with E-state index in [1.54, 1.807) is 25.1 Å². The molecule has 2 rings (SSSR count). The van der Waals surface area contributed by atoms with Crippen LogP contribution in [0, 0.1) is 20.8 Å². The molecule has 0 aliphatic rings. The smallest absolute Gasteiger partial charge is 0.256 e. The fraction of sp³-hybridized carbons (Fsp3) is 0.188. The number of hydrogen-bond donors (Lipinski definition) is 3. The zero-order chi connectivity index (χ0) is 14.9. The van der Waals surface area contributed by atoms with Crippen LogP contribution in [0.3, 0.4) is 0 Å². The number of phenolic OH excluding ortho intramolecular Hbond substituents is 1. The Morgan fingerprint density at radius 1 is 1.05 bits per heavy atom. The average molecular weight is 270 g/mol. The summed E-state index contributed by atoms with van der Waals surface area (Å²) in [5.41, 5.74) is 10.1. The minimum Gasteiger partial charge on any atom is -0.508 e. The second-order valence-electron chi connectivity index (χ2n) is 4.98. The van der Waals surface area contributed by atoms with Crippen LogP contribution >= 0.6 is 0 Å². The van der Waals surface area contributed by atoms with Gasteiger partial charge in [-0.15, -0.1) is 0 Å². The third kappa shape index (κ3) is 2.74. The fourth-order valence-electron chi connectivity index (χ4n) is 2.00. The Morgan fingerprint density at radius 3 is 2.40 bits per heavy atom. The quantitative estimate of drug-likeness (QED) is 0.734. The molecular weight excluding hydrogens is 252 g/mol. The van der Waals surface area contributed by atoms with E-state index in [1.165, 1.54) is 6.07 Å². The number of nitrogens with one attached hydrogen (secondary N) is 1. The van der Waals surface area contributed by atoms with Crippen molar-refractivity contribution in [3.63, 3.8) is 0 Å². The lowest BCUT2D eigenvalue weighted by molar-refractivity contribution is 0.102. The van der Waals surface area contributed by atoms with Crippen LogP contribution in [0.25, 0.3) is 0 Å². The molecule has 4 heteroatoms. The predicted molar refractivity (Wildman–Crippen MR) is 81.1 cm³/mol. The number of amides is 1. The van der Waals surface area contributed by atoms with Crippen LogP contribution in [0.2, 0.25) is 0 Å². The minimum atomic E-state index is -0.238. The van der Waals surface area contributed by atoms with Crippen LogP contribution in [0.5, 0.6) is 5.75 Å². The number of aromatic hydroxyl groups is 1. The van der Waals surface area contributed by atoms with Gasteiger partial charge in [-0.1, -0.05) is 12.1 Å². The van der Waals surface area contributed by atoms with E-state index < -0.39 is 0 Å². The molecule has 0 bridgehead atoms. The Hall–Kier alpha value is -2.49. The van der Waals surface area contributed by atoms with Gasteiger partial charge < -0.3 is 16.2 Å². The van der Waals surface area contributed by atoms with Crippen molar-refractivity contribution in [2.45, 2.75) is 20.8 Å². The number of hydrogen-bond acceptors (Lipinski definition) is 3. The maximum Gasteiger partial charge on any atom is 0.256 e. The molecule has 0 saturated carbocycles. The number of aryl methyl sites for hydroxylation is 3. The van der Waals surface area contributed by atoms with E-state index in [2.05, 4.69) is 5.32 Å². The Balaban J connectivity index is 2.28. The second kappa shape index (κ2) is 5.25. The van der Waals surface area contributed by atoms with Gasteiger partial charge in [0.15, 0.2) is 0 Å². The number of carbonyl (C=O) groups excluding carboxylic acids is 1. The van der Waals surface area contributed by atoms with Crippen molar-refractivity contribution >= 4 is 17.3 Å². The van der Waals surface area contributed by atoms with E-state index in [0.717, 1.165) is 16.7 Å². The predicted octanol–water partition coefficient (Wildman–Crippen LogP) is 3.15. The average Bonchev–Trinajstić information content (AvgIpc) is 2.38. The largest absolute Gasteiger partial charge is 0.508 e. The van der Waals surface area contributed by atoms with Crippen molar-refractivity contribution in [2.75, 3.05) is 11.1 Å². The summed E-state index contributed by atoms with van der Waals surface area (Å²) in [5, 5.41) is 12.4. The standard InChI is InChI=1S/C16H18N2O2/c1-9-4-5-12(7-15(9)19)18-16(20)13-8-14(17)11(3)6-10(13)2/h4-8,19H,17H2,1-3H3,(H,18,20). The van der Waals surface area contributed by atoms with Gasteiger partial charge in [-0.3, -0.25) is 4.79 Å². The summed E-state index contributed by atoms with van der Waals surface area (Å²) in [6.07, 6.45) is 0. The highest BCUT2D eigenvalue weighted by molar-refractivity contribution is 6.06. The van der Waals surface area contributed by atoms with Crippen LogP contribution < -0.4 is 11.1 Å². The van der Waals surface area contributed by atoms with Crippen molar-refractivity contribution < 1.29 is 9.90 Å². The molecule has 104 valence electrons. The highest BCUT2D eigenvalue weighted by Crippen LogP contribution is 2.23. The highest BCUT2D eigenvalue weighted by Gasteiger charge is 2.11. The maximum atomic E-state index is 12.2. The van der Waals surface area contributed by atoms with Gasteiger partial charge in [0.1, 0.15) is 5.75 Å². The first-order chi connectivity index (χ1) is 9.38. The van der Waals surface area contributed by atoms with Gasteiger partial charge in [0.2, 0.25) is 0 Å². The summed E-state index contributed by atoms with van der Waals surface area (Å²) in [7, 11) is 0. The minimum absolute atomic E-state index is 0.156. The molecule has 2 aromatic rings.